The SMILES string of the molecule is Clc1nc2ccccc2nc1-c1nc(Cc2ccccc2)no1. The number of fused-ring (bicyclic) bond motifs is 1. The van der Waals surface area contributed by atoms with Gasteiger partial charge in [-0.3, -0.25) is 0 Å². The van der Waals surface area contributed by atoms with Crippen molar-refractivity contribution in [1.29, 1.82) is 0 Å². The van der Waals surface area contributed by atoms with Crippen molar-refractivity contribution in [3.63, 3.8) is 0 Å². The van der Waals surface area contributed by atoms with E-state index < -0.39 is 0 Å². The van der Waals surface area contributed by atoms with Crippen molar-refractivity contribution in [2.45, 2.75) is 6.42 Å². The van der Waals surface area contributed by atoms with Crippen molar-refractivity contribution in [3.05, 3.63) is 71.1 Å². The van der Waals surface area contributed by atoms with Crippen LogP contribution in [0.25, 0.3) is 22.6 Å². The summed E-state index contributed by atoms with van der Waals surface area (Å²) in [4.78, 5) is 13.2. The molecule has 23 heavy (non-hydrogen) atoms. The van der Waals surface area contributed by atoms with Gasteiger partial charge in [-0.25, -0.2) is 9.97 Å². The van der Waals surface area contributed by atoms with E-state index in [0.29, 0.717) is 17.9 Å². The van der Waals surface area contributed by atoms with Crippen molar-refractivity contribution in [1.82, 2.24) is 20.1 Å². The molecule has 112 valence electrons. The predicted octanol–water partition coefficient (Wildman–Crippen LogP) is 3.92. The zero-order valence-corrected chi connectivity index (χ0v) is 12.7. The number of hydrogen-bond donors (Lipinski definition) is 0. The largest absolute Gasteiger partial charge is 0.332 e. The van der Waals surface area contributed by atoms with Crippen LogP contribution in [0.3, 0.4) is 0 Å². The van der Waals surface area contributed by atoms with Crippen LogP contribution in [-0.4, -0.2) is 20.1 Å². The molecule has 0 saturated carbocycles. The van der Waals surface area contributed by atoms with E-state index in [2.05, 4.69) is 20.1 Å². The molecule has 0 radical (unpaired) electrons. The van der Waals surface area contributed by atoms with E-state index in [1.807, 2.05) is 54.6 Å². The van der Waals surface area contributed by atoms with Gasteiger partial charge in [0.25, 0.3) is 5.89 Å². The van der Waals surface area contributed by atoms with Gasteiger partial charge in [0.05, 0.1) is 11.0 Å². The third kappa shape index (κ3) is 2.78. The molecule has 0 atom stereocenters. The number of rotatable bonds is 3. The van der Waals surface area contributed by atoms with E-state index in [9.17, 15) is 0 Å². The first kappa shape index (κ1) is 13.8. The fourth-order valence-corrected chi connectivity index (χ4v) is 2.53. The van der Waals surface area contributed by atoms with Crippen LogP contribution in [0.4, 0.5) is 0 Å². The first-order valence-corrected chi connectivity index (χ1v) is 7.46. The zero-order valence-electron chi connectivity index (χ0n) is 12.0. The van der Waals surface area contributed by atoms with E-state index >= 15 is 0 Å². The number of para-hydroxylation sites is 2. The summed E-state index contributed by atoms with van der Waals surface area (Å²) >= 11 is 6.21. The number of halogens is 1. The van der Waals surface area contributed by atoms with Crippen LogP contribution in [0, 0.1) is 0 Å². The lowest BCUT2D eigenvalue weighted by molar-refractivity contribution is 0.422. The van der Waals surface area contributed by atoms with Crippen molar-refractivity contribution in [2.75, 3.05) is 0 Å². The van der Waals surface area contributed by atoms with E-state index in [1.54, 1.807) is 0 Å². The topological polar surface area (TPSA) is 64.7 Å². The Morgan fingerprint density at radius 1 is 0.826 bits per heavy atom. The van der Waals surface area contributed by atoms with Gasteiger partial charge in [0.2, 0.25) is 0 Å². The maximum Gasteiger partial charge on any atom is 0.279 e. The van der Waals surface area contributed by atoms with Crippen molar-refractivity contribution < 1.29 is 4.52 Å². The molecule has 0 bridgehead atoms. The van der Waals surface area contributed by atoms with Crippen LogP contribution < -0.4 is 0 Å². The molecular weight excluding hydrogens is 312 g/mol. The van der Waals surface area contributed by atoms with Gasteiger partial charge in [-0.05, 0) is 17.7 Å². The minimum atomic E-state index is 0.249. The Labute approximate surface area is 137 Å². The summed E-state index contributed by atoms with van der Waals surface area (Å²) in [6.07, 6.45) is 0.586. The summed E-state index contributed by atoms with van der Waals surface area (Å²) in [7, 11) is 0. The summed E-state index contributed by atoms with van der Waals surface area (Å²) in [6, 6.07) is 17.4. The Balaban J connectivity index is 1.70. The van der Waals surface area contributed by atoms with Gasteiger partial charge in [-0.15, -0.1) is 0 Å². The van der Waals surface area contributed by atoms with Gasteiger partial charge in [0, 0.05) is 6.42 Å². The van der Waals surface area contributed by atoms with Crippen molar-refractivity contribution >= 4 is 22.6 Å². The normalized spacial score (nSPS) is 11.0. The molecular formula is C17H11ClN4O. The molecule has 0 amide bonds. The van der Waals surface area contributed by atoms with Crippen LogP contribution in [0.1, 0.15) is 11.4 Å². The summed E-state index contributed by atoms with van der Waals surface area (Å²) in [5.41, 5.74) is 2.97. The lowest BCUT2D eigenvalue weighted by atomic mass is 10.1. The van der Waals surface area contributed by atoms with E-state index in [0.717, 1.165) is 16.6 Å². The van der Waals surface area contributed by atoms with Crippen molar-refractivity contribution in [2.24, 2.45) is 0 Å². The lowest BCUT2D eigenvalue weighted by Crippen LogP contribution is -1.93. The van der Waals surface area contributed by atoms with Crippen LogP contribution in [0.5, 0.6) is 0 Å². The van der Waals surface area contributed by atoms with E-state index in [1.165, 1.54) is 0 Å². The number of nitrogens with zero attached hydrogens (tertiary/aromatic N) is 4. The third-order valence-corrected chi connectivity index (χ3v) is 3.67. The minimum Gasteiger partial charge on any atom is -0.332 e. The third-order valence-electron chi connectivity index (χ3n) is 3.40. The number of aromatic nitrogens is 4. The highest BCUT2D eigenvalue weighted by Crippen LogP contribution is 2.25. The molecule has 0 spiro atoms. The van der Waals surface area contributed by atoms with Crippen LogP contribution in [0.2, 0.25) is 5.15 Å². The van der Waals surface area contributed by atoms with E-state index in [-0.39, 0.29) is 11.0 Å². The molecule has 2 aromatic carbocycles. The molecule has 4 aromatic rings. The second-order valence-corrected chi connectivity index (χ2v) is 5.39. The quantitative estimate of drug-likeness (QED) is 0.572. The summed E-state index contributed by atoms with van der Waals surface area (Å²) < 4.78 is 5.30. The Morgan fingerprint density at radius 3 is 2.30 bits per heavy atom. The fourth-order valence-electron chi connectivity index (χ4n) is 2.31. The fraction of sp³-hybridized carbons (Fsp3) is 0.0588. The molecule has 0 fully saturated rings. The molecule has 0 unspecified atom stereocenters. The molecule has 2 heterocycles. The monoisotopic (exact) mass is 322 g/mol. The minimum absolute atomic E-state index is 0.249. The maximum absolute atomic E-state index is 6.21. The van der Waals surface area contributed by atoms with Gasteiger partial charge >= 0.3 is 0 Å². The highest BCUT2D eigenvalue weighted by Gasteiger charge is 2.16. The van der Waals surface area contributed by atoms with Gasteiger partial charge < -0.3 is 4.52 Å². The Bertz CT molecular complexity index is 969. The first-order valence-electron chi connectivity index (χ1n) is 7.09. The van der Waals surface area contributed by atoms with E-state index in [4.69, 9.17) is 16.1 Å². The van der Waals surface area contributed by atoms with Crippen LogP contribution >= 0.6 is 11.6 Å². The second kappa shape index (κ2) is 5.78. The molecule has 4 rings (SSSR count). The average Bonchev–Trinajstić information content (AvgIpc) is 3.03. The maximum atomic E-state index is 6.21. The molecule has 0 aliphatic heterocycles. The van der Waals surface area contributed by atoms with Crippen LogP contribution in [0.15, 0.2) is 59.1 Å². The average molecular weight is 323 g/mol. The zero-order chi connectivity index (χ0) is 15.6. The lowest BCUT2D eigenvalue weighted by Gasteiger charge is -2.00. The van der Waals surface area contributed by atoms with Gasteiger partial charge in [0.15, 0.2) is 16.7 Å². The Hall–Kier alpha value is -2.79. The second-order valence-electron chi connectivity index (χ2n) is 5.03. The molecule has 5 nitrogen and oxygen atoms in total. The van der Waals surface area contributed by atoms with Gasteiger partial charge in [0.1, 0.15) is 0 Å². The molecule has 0 saturated heterocycles. The van der Waals surface area contributed by atoms with Crippen LogP contribution in [-0.2, 0) is 6.42 Å². The molecule has 0 N–H and O–H groups in total. The Kier molecular flexibility index (Phi) is 3.48. The van der Waals surface area contributed by atoms with Gasteiger partial charge in [-0.1, -0.05) is 59.2 Å². The summed E-state index contributed by atoms with van der Waals surface area (Å²) in [5, 5.41) is 4.25. The first-order chi connectivity index (χ1) is 11.3. The predicted molar refractivity (Wildman–Crippen MR) is 87.1 cm³/mol. The molecule has 2 aromatic heterocycles. The van der Waals surface area contributed by atoms with Gasteiger partial charge in [-0.2, -0.15) is 4.98 Å². The number of hydrogen-bond acceptors (Lipinski definition) is 5. The standard InChI is InChI=1S/C17H11ClN4O/c18-16-15(19-12-8-4-5-9-13(12)20-16)17-21-14(22-23-17)10-11-6-2-1-3-7-11/h1-9H,10H2. The highest BCUT2D eigenvalue weighted by molar-refractivity contribution is 6.32. The van der Waals surface area contributed by atoms with Crippen molar-refractivity contribution in [3.8, 4) is 11.6 Å². The molecule has 0 aliphatic carbocycles. The summed E-state index contributed by atoms with van der Waals surface area (Å²) in [6.45, 7) is 0. The number of benzene rings is 2. The Morgan fingerprint density at radius 2 is 1.52 bits per heavy atom. The molecule has 0 aliphatic rings. The highest BCUT2D eigenvalue weighted by atomic mass is 35.5. The smallest absolute Gasteiger partial charge is 0.279 e. The summed E-state index contributed by atoms with van der Waals surface area (Å²) in [5.74, 6) is 0.858. The molecule has 6 heteroatoms.